The molecule has 0 aliphatic heterocycles. The predicted molar refractivity (Wildman–Crippen MR) is 340 cm³/mol. The molecule has 0 unspecified atom stereocenters. The third-order valence-electron chi connectivity index (χ3n) is 11.6. The van der Waals surface area contributed by atoms with Gasteiger partial charge in [-0.1, -0.05) is 152 Å². The highest BCUT2D eigenvalue weighted by atomic mass is 35.5. The number of hydrogen-bond acceptors (Lipinski definition) is 14. The summed E-state index contributed by atoms with van der Waals surface area (Å²) in [5.74, 6) is -2.44. The van der Waals surface area contributed by atoms with Crippen LogP contribution in [0.1, 0.15) is 71.8 Å². The number of nitrogens with zero attached hydrogens (tertiary/aromatic N) is 6. The molecule has 11 rings (SSSR count). The Morgan fingerprint density at radius 1 is 0.575 bits per heavy atom. The number of phosphoric ester groups is 1. The highest BCUT2D eigenvalue weighted by Gasteiger charge is 2.23. The first-order chi connectivity index (χ1) is 48.2. The van der Waals surface area contributed by atoms with E-state index in [1.165, 1.54) is 24.3 Å². The first-order valence-corrected chi connectivity index (χ1v) is 27.6. The van der Waals surface area contributed by atoms with Crippen LogP contribution in [0.25, 0.3) is 37.3 Å². The van der Waals surface area contributed by atoms with Gasteiger partial charge in [0.25, 0.3) is 23.1 Å². The number of phosphoric acid groups is 1. The molecule has 0 atom stereocenters. The molecule has 0 saturated carbocycles. The summed E-state index contributed by atoms with van der Waals surface area (Å²) in [5, 5.41) is 55.1. The van der Waals surface area contributed by atoms with E-state index < -0.39 is 127 Å². The molecule has 4 N–H and O–H groups in total. The van der Waals surface area contributed by atoms with Crippen molar-refractivity contribution in [3.8, 4) is 17.2 Å². The molecule has 87 heavy (non-hydrogen) atoms. The van der Waals surface area contributed by atoms with Crippen molar-refractivity contribution < 1.29 is 64.0 Å². The quantitative estimate of drug-likeness (QED) is 0.0412. The van der Waals surface area contributed by atoms with Crippen LogP contribution >= 0.6 is 31.0 Å². The number of azo groups is 2. The smallest absolute Gasteiger partial charge is 0.385 e. The van der Waals surface area contributed by atoms with Crippen molar-refractivity contribution in [3.63, 3.8) is 0 Å². The Hall–Kier alpha value is -10.5. The van der Waals surface area contributed by atoms with E-state index in [9.17, 15) is 38.9 Å². The minimum atomic E-state index is -5.33. The number of aromatic hydroxyl groups is 2. The van der Waals surface area contributed by atoms with Gasteiger partial charge in [0.1, 0.15) is 19.3 Å². The molecule has 0 radical (unpaired) electrons. The fourth-order valence-corrected chi connectivity index (χ4v) is 8.52. The van der Waals surface area contributed by atoms with Crippen molar-refractivity contribution in [2.45, 2.75) is 27.7 Å². The number of phenolic OH excluding ortho intramolecular Hbond substituents is 2. The Morgan fingerprint density at radius 2 is 0.989 bits per heavy atom. The molecule has 0 saturated heterocycles. The van der Waals surface area contributed by atoms with Gasteiger partial charge in [0.2, 0.25) is 5.39 Å². The third kappa shape index (κ3) is 17.8. The zero-order valence-corrected chi connectivity index (χ0v) is 48.2. The zero-order valence-electron chi connectivity index (χ0n) is 60.8. The third-order valence-corrected chi connectivity index (χ3v) is 12.5. The summed E-state index contributed by atoms with van der Waals surface area (Å²) in [5.41, 5.74) is 0.912. The average molecular weight is 1230 g/mol. The predicted octanol–water partition coefficient (Wildman–Crippen LogP) is 18.1. The topological polar surface area (TPSA) is 266 Å². The second-order valence-corrected chi connectivity index (χ2v) is 19.2. The van der Waals surface area contributed by atoms with Crippen LogP contribution in [0, 0.1) is 19.2 Å². The lowest BCUT2D eigenvalue weighted by molar-refractivity contribution is -0.333. The summed E-state index contributed by atoms with van der Waals surface area (Å²) >= 11 is 11.9. The molecule has 20 heteroatoms. The van der Waals surface area contributed by atoms with Crippen LogP contribution in [0.3, 0.4) is 0 Å². The minimum Gasteiger partial charge on any atom is -0.780 e. The van der Waals surface area contributed by atoms with E-state index >= 15 is 0 Å². The molecule has 2 amide bonds. The number of carbonyl (C=O) groups excluding carboxylic acids is 3. The number of fused-ring (bicyclic) bond motifs is 3. The summed E-state index contributed by atoms with van der Waals surface area (Å²) in [7, 11) is -5.33. The Bertz CT molecular complexity index is 5260. The first kappa shape index (κ1) is 45.8. The number of benzene rings is 11. The molecule has 0 aliphatic rings. The number of carbonyl (C=O) groups is 2. The first-order valence-electron chi connectivity index (χ1n) is 32.9. The summed E-state index contributed by atoms with van der Waals surface area (Å²) in [6, 6.07) is 28.4. The summed E-state index contributed by atoms with van der Waals surface area (Å²) in [4.78, 5) is 61.6. The van der Waals surface area contributed by atoms with E-state index in [4.69, 9.17) is 49.2 Å². The van der Waals surface area contributed by atoms with Gasteiger partial charge in [0, 0.05) is 49.7 Å². The number of rotatable bonds is 11. The van der Waals surface area contributed by atoms with Gasteiger partial charge in [-0.3, -0.25) is 9.59 Å². The van der Waals surface area contributed by atoms with Gasteiger partial charge in [-0.2, -0.15) is 5.11 Å². The van der Waals surface area contributed by atoms with Crippen LogP contribution in [0.5, 0.6) is 17.2 Å². The number of hydrogen-bond donors (Lipinski definition) is 4. The van der Waals surface area contributed by atoms with Crippen LogP contribution in [0.4, 0.5) is 39.8 Å². The van der Waals surface area contributed by atoms with E-state index in [1.807, 2.05) is 13.8 Å². The van der Waals surface area contributed by atoms with Gasteiger partial charge in [-0.25, -0.2) is 0 Å². The fraction of sp³-hybridized carbons (Fsp3) is 0.0597. The van der Waals surface area contributed by atoms with Crippen LogP contribution < -0.4 is 24.9 Å². The number of aryl methyl sites for hydroxylation is 2. The molecule has 17 nitrogen and oxygen atoms in total. The standard InChI is InChI=1S/C24H18ClN3O2.C18H15ClNO5P.C17H10N2O2.C6H5N2.C2H6/c1-15-13-17(25)11-12-21(15)26-24(30)20-14-16-7-5-6-10-19(16)22(23(20)29)28-27-18-8-3-2-4-9-18;1-11-8-14(19)6-7-16(11)20-18(21)15-9-12-4-2-3-5-13(12)10-17(15)25-26(22,23)24;20-11-13-10-12-6-4-5-9-15(12)16(17(13)21)19-18-14-7-2-1-3-8-14;7-8-6-4-2-1-3-5-6;1-2/h2-14,29H,1H3,(H,26,30);2-10H,1H3,(H,20,21)(H2,22,23,24);1-10H;1-5H;1-2H3/q;;;+1;/p-1/i2D,3D,4D,8D,9D;;1D,2D,3D,7D,8D;1D,2D,3D,4D,5D;. The van der Waals surface area contributed by atoms with Crippen LogP contribution in [0.15, 0.2) is 245 Å². The number of nitrogens with one attached hydrogen (secondary N) is 2. The van der Waals surface area contributed by atoms with Crippen LogP contribution in [-0.4, -0.2) is 28.3 Å². The molecule has 0 heterocycles. The molecule has 0 aromatic heterocycles. The van der Waals surface area contributed by atoms with Crippen LogP contribution in [-0.2, 0) is 9.36 Å². The number of diazo groups is 1. The van der Waals surface area contributed by atoms with Crippen molar-refractivity contribution in [2.75, 3.05) is 10.6 Å². The maximum Gasteiger partial charge on any atom is 0.385 e. The van der Waals surface area contributed by atoms with Gasteiger partial charge in [-0.05, 0) is 132 Å². The molecule has 11 aromatic rings. The summed E-state index contributed by atoms with van der Waals surface area (Å²) in [6.45, 7) is 7.55. The van der Waals surface area contributed by atoms with Crippen molar-refractivity contribution in [2.24, 2.45) is 20.5 Å². The van der Waals surface area contributed by atoms with E-state index in [0.29, 0.717) is 53.7 Å². The number of halogens is 2. The molecule has 11 aromatic carbocycles. The van der Waals surface area contributed by atoms with Crippen molar-refractivity contribution in [1.82, 2.24) is 0 Å². The molecule has 434 valence electrons. The van der Waals surface area contributed by atoms with Gasteiger partial charge >= 0.3 is 12.0 Å². The summed E-state index contributed by atoms with van der Waals surface area (Å²) in [6.07, 6.45) is 1.61. The lowest BCUT2D eigenvalue weighted by Crippen LogP contribution is -2.21. The number of phenols is 2. The highest BCUT2D eigenvalue weighted by Crippen LogP contribution is 2.41. The van der Waals surface area contributed by atoms with Gasteiger partial charge in [0.15, 0.2) is 16.4 Å². The largest absolute Gasteiger partial charge is 0.780 e. The maximum absolute atomic E-state index is 13.1. The average Bonchev–Trinajstić information content (AvgIpc) is 0.797. The molecule has 0 fully saturated rings. The Morgan fingerprint density at radius 3 is 1.45 bits per heavy atom. The zero-order chi connectivity index (χ0) is 75.5. The van der Waals surface area contributed by atoms with E-state index in [1.54, 1.807) is 129 Å². The molecule has 0 aliphatic carbocycles. The second-order valence-electron chi connectivity index (χ2n) is 17.3. The second kappa shape index (κ2) is 30.9. The molecule has 0 bridgehead atoms. The van der Waals surface area contributed by atoms with E-state index in [-0.39, 0.29) is 45.2 Å². The normalized spacial score (nSPS) is 13.1. The monoisotopic (exact) mass is 1230 g/mol. The fourth-order valence-electron chi connectivity index (χ4n) is 7.68. The van der Waals surface area contributed by atoms with Crippen molar-refractivity contribution in [3.05, 3.63) is 267 Å². The summed E-state index contributed by atoms with van der Waals surface area (Å²) < 4.78 is 129. The van der Waals surface area contributed by atoms with Gasteiger partial charge in [0.05, 0.1) is 49.1 Å². The molecular formula is C67H53Cl2N8O9P. The van der Waals surface area contributed by atoms with Gasteiger partial charge in [-0.15, -0.1) is 20.1 Å². The molecule has 0 spiro atoms. The highest BCUT2D eigenvalue weighted by molar-refractivity contribution is 7.43. The van der Waals surface area contributed by atoms with Gasteiger partial charge < -0.3 is 39.7 Å². The Kier molecular flexibility index (Phi) is 16.3. The lowest BCUT2D eigenvalue weighted by atomic mass is 10.0. The number of amides is 2. The maximum atomic E-state index is 13.1. The SMILES string of the molecule is CC.Cc1cc(Cl)ccc1NC(=O)c1cc2ccccc2cc1OP(=O)([O-])[O-].[2H]c1c([2H])c([2H])c(N=Nc2c(O)c(C(=O)Nc3ccc(Cl)cc3C)cc3ccccc23)c([2H])c1[2H].[2H]c1c([2H])c([2H])c(N=Nc2c(O)c([C+]=O)cc3ccccc23)c([2H])c1[2H].[2H]c1c([2H])c([2H])c([N+]#N)c([2H])c1[2H]. The van der Waals surface area contributed by atoms with Crippen molar-refractivity contribution >= 4 is 121 Å². The Balaban J connectivity index is 0.000000197. The van der Waals surface area contributed by atoms with E-state index in [2.05, 4.69) is 40.6 Å². The molecular weight excluding hydrogens is 1160 g/mol. The minimum absolute atomic E-state index is 0.0479. The van der Waals surface area contributed by atoms with E-state index in [0.717, 1.165) is 11.1 Å². The number of anilines is 2. The van der Waals surface area contributed by atoms with Crippen molar-refractivity contribution in [1.29, 1.82) is 5.39 Å². The Labute approximate surface area is 531 Å². The van der Waals surface area contributed by atoms with Crippen LogP contribution in [0.2, 0.25) is 10.0 Å². The lowest BCUT2D eigenvalue weighted by Gasteiger charge is -2.30.